The van der Waals surface area contributed by atoms with Crippen LogP contribution in [0.3, 0.4) is 0 Å². The molecule has 224 valence electrons. The summed E-state index contributed by atoms with van der Waals surface area (Å²) in [6.45, 7) is 9.72. The second-order valence-corrected chi connectivity index (χ2v) is 13.4. The fourth-order valence-electron chi connectivity index (χ4n) is 5.66. The van der Waals surface area contributed by atoms with Crippen molar-refractivity contribution in [2.45, 2.75) is 83.8 Å². The number of hydrogen-bond donors (Lipinski definition) is 0. The Kier molecular flexibility index (Phi) is 10.3. The number of halogens is 1. The van der Waals surface area contributed by atoms with E-state index >= 15 is 0 Å². The lowest BCUT2D eigenvalue weighted by molar-refractivity contribution is -0.117. The van der Waals surface area contributed by atoms with Crippen LogP contribution in [0.1, 0.15) is 77.3 Å². The summed E-state index contributed by atoms with van der Waals surface area (Å²) in [6.07, 6.45) is 2.74. The first-order chi connectivity index (χ1) is 20.0. The SMILES string of the molecule is CCCC1CC(=O)C2=C(C1)N=C(C)C(C#N)C2c1cc(Br)c(OCc2ccc(S(=O)(=O)OC(C)C)cc2)c(OCC)c1. The van der Waals surface area contributed by atoms with Gasteiger partial charge in [0.2, 0.25) is 0 Å². The highest BCUT2D eigenvalue weighted by Crippen LogP contribution is 2.48. The first-order valence-electron chi connectivity index (χ1n) is 14.3. The average molecular weight is 658 g/mol. The monoisotopic (exact) mass is 656 g/mol. The molecule has 4 rings (SSSR count). The van der Waals surface area contributed by atoms with Crippen molar-refractivity contribution in [2.24, 2.45) is 16.8 Å². The van der Waals surface area contributed by atoms with Gasteiger partial charge in [-0.3, -0.25) is 14.0 Å². The fourth-order valence-corrected chi connectivity index (χ4v) is 7.33. The maximum absolute atomic E-state index is 13.5. The van der Waals surface area contributed by atoms with E-state index in [0.29, 0.717) is 40.3 Å². The van der Waals surface area contributed by atoms with Crippen LogP contribution in [0.5, 0.6) is 11.5 Å². The Hall–Kier alpha value is -3.00. The molecule has 0 radical (unpaired) electrons. The highest BCUT2D eigenvalue weighted by atomic mass is 79.9. The van der Waals surface area contributed by atoms with Crippen molar-refractivity contribution >= 4 is 37.5 Å². The topological polar surface area (TPSA) is 115 Å². The number of carbonyl (C=O) groups is 1. The highest BCUT2D eigenvalue weighted by Gasteiger charge is 2.41. The molecule has 0 fully saturated rings. The van der Waals surface area contributed by atoms with Crippen LogP contribution in [0.2, 0.25) is 0 Å². The Morgan fingerprint density at radius 1 is 1.12 bits per heavy atom. The van der Waals surface area contributed by atoms with Crippen LogP contribution in [-0.2, 0) is 25.7 Å². The van der Waals surface area contributed by atoms with Crippen molar-refractivity contribution in [3.8, 4) is 17.6 Å². The number of rotatable bonds is 11. The minimum absolute atomic E-state index is 0.0647. The molecule has 1 heterocycles. The molecule has 2 aromatic carbocycles. The molecule has 3 atom stereocenters. The first kappa shape index (κ1) is 31.9. The lowest BCUT2D eigenvalue weighted by Gasteiger charge is -2.35. The first-order valence-corrected chi connectivity index (χ1v) is 16.5. The van der Waals surface area contributed by atoms with Gasteiger partial charge in [-0.15, -0.1) is 0 Å². The normalized spacial score (nSPS) is 20.7. The standard InChI is InChI=1S/C32H37BrN2O6S/c1-6-8-22-13-27-31(28(36)14-22)30(25(17-34)20(5)35-27)23-15-26(33)32(29(16-23)39-7-2)40-18-21-9-11-24(12-10-21)42(37,38)41-19(3)4/h9-12,15-16,19,22,25,30H,6-8,13-14,18H2,1-5H3. The van der Waals surface area contributed by atoms with Crippen molar-refractivity contribution < 1.29 is 26.9 Å². The number of nitrogens with zero attached hydrogens (tertiary/aromatic N) is 2. The summed E-state index contributed by atoms with van der Waals surface area (Å²) >= 11 is 3.64. The molecule has 10 heteroatoms. The molecule has 3 unspecified atom stereocenters. The summed E-state index contributed by atoms with van der Waals surface area (Å²) in [6, 6.07) is 12.5. The fraction of sp³-hybridized carbons (Fsp3) is 0.469. The van der Waals surface area contributed by atoms with Crippen LogP contribution in [0, 0.1) is 23.2 Å². The maximum Gasteiger partial charge on any atom is 0.297 e. The predicted molar refractivity (Wildman–Crippen MR) is 164 cm³/mol. The number of aliphatic imine (C=N–C) groups is 1. The Bertz CT molecular complexity index is 1540. The molecule has 42 heavy (non-hydrogen) atoms. The predicted octanol–water partition coefficient (Wildman–Crippen LogP) is 7.27. The molecule has 1 aliphatic carbocycles. The van der Waals surface area contributed by atoms with Gasteiger partial charge in [-0.2, -0.15) is 13.7 Å². The van der Waals surface area contributed by atoms with Gasteiger partial charge in [-0.1, -0.05) is 25.5 Å². The molecule has 0 amide bonds. The summed E-state index contributed by atoms with van der Waals surface area (Å²) in [5, 5.41) is 10.1. The summed E-state index contributed by atoms with van der Waals surface area (Å²) in [7, 11) is -3.84. The molecule has 8 nitrogen and oxygen atoms in total. The van der Waals surface area contributed by atoms with Crippen molar-refractivity contribution in [3.63, 3.8) is 0 Å². The zero-order valence-corrected chi connectivity index (χ0v) is 27.0. The smallest absolute Gasteiger partial charge is 0.297 e. The van der Waals surface area contributed by atoms with E-state index in [1.807, 2.05) is 26.0 Å². The quantitative estimate of drug-likeness (QED) is 0.234. The van der Waals surface area contributed by atoms with E-state index in [-0.39, 0.29) is 23.2 Å². The minimum Gasteiger partial charge on any atom is -0.490 e. The number of allylic oxidation sites excluding steroid dienone is 2. The van der Waals surface area contributed by atoms with Gasteiger partial charge in [-0.05, 0) is 97.8 Å². The number of hydrogen-bond acceptors (Lipinski definition) is 8. The Balaban J connectivity index is 1.65. The molecule has 2 aromatic rings. The van der Waals surface area contributed by atoms with E-state index in [0.717, 1.165) is 36.1 Å². The molecule has 1 aliphatic heterocycles. The van der Waals surface area contributed by atoms with Crippen molar-refractivity contribution in [3.05, 3.63) is 63.3 Å². The zero-order valence-electron chi connectivity index (χ0n) is 24.6. The molecule has 2 aliphatic rings. The van der Waals surface area contributed by atoms with Gasteiger partial charge in [0.05, 0.1) is 34.1 Å². The molecule has 0 spiro atoms. The lowest BCUT2D eigenvalue weighted by atomic mass is 9.70. The number of carbonyl (C=O) groups excluding carboxylic acids is 1. The van der Waals surface area contributed by atoms with E-state index in [2.05, 4.69) is 28.9 Å². The van der Waals surface area contributed by atoms with Crippen LogP contribution in [0.25, 0.3) is 0 Å². The molecule has 0 saturated heterocycles. The number of ether oxygens (including phenoxy) is 2. The van der Waals surface area contributed by atoms with Gasteiger partial charge < -0.3 is 9.47 Å². The third-order valence-corrected chi connectivity index (χ3v) is 9.49. The van der Waals surface area contributed by atoms with E-state index in [4.69, 9.17) is 18.6 Å². The van der Waals surface area contributed by atoms with Gasteiger partial charge in [0.1, 0.15) is 6.61 Å². The highest BCUT2D eigenvalue weighted by molar-refractivity contribution is 9.10. The van der Waals surface area contributed by atoms with E-state index in [1.165, 1.54) is 12.1 Å². The minimum atomic E-state index is -3.84. The maximum atomic E-state index is 13.5. The van der Waals surface area contributed by atoms with Gasteiger partial charge in [-0.25, -0.2) is 0 Å². The van der Waals surface area contributed by atoms with Crippen LogP contribution < -0.4 is 9.47 Å². The molecule has 0 bridgehead atoms. The average Bonchev–Trinajstić information content (AvgIpc) is 2.91. The van der Waals surface area contributed by atoms with Crippen molar-refractivity contribution in [1.82, 2.24) is 0 Å². The Morgan fingerprint density at radius 2 is 1.83 bits per heavy atom. The second kappa shape index (κ2) is 13.5. The van der Waals surface area contributed by atoms with E-state index in [9.17, 15) is 18.5 Å². The van der Waals surface area contributed by atoms with Crippen LogP contribution >= 0.6 is 15.9 Å². The number of benzene rings is 2. The molecular formula is C32H37BrN2O6S. The zero-order chi connectivity index (χ0) is 30.6. The van der Waals surface area contributed by atoms with Crippen LogP contribution in [-0.4, -0.2) is 32.6 Å². The number of ketones is 1. The second-order valence-electron chi connectivity index (χ2n) is 11.0. The Labute approximate surface area is 257 Å². The van der Waals surface area contributed by atoms with Crippen molar-refractivity contribution in [2.75, 3.05) is 6.61 Å². The van der Waals surface area contributed by atoms with E-state index < -0.39 is 28.1 Å². The third kappa shape index (κ3) is 6.96. The summed E-state index contributed by atoms with van der Waals surface area (Å²) in [5.74, 6) is 0.271. The van der Waals surface area contributed by atoms with Crippen LogP contribution in [0.4, 0.5) is 0 Å². The molecule has 0 saturated carbocycles. The summed E-state index contributed by atoms with van der Waals surface area (Å²) < 4.78 is 42.5. The van der Waals surface area contributed by atoms with Gasteiger partial charge >= 0.3 is 0 Å². The van der Waals surface area contributed by atoms with Gasteiger partial charge in [0.15, 0.2) is 17.3 Å². The van der Waals surface area contributed by atoms with Crippen LogP contribution in [0.15, 0.2) is 62.0 Å². The Morgan fingerprint density at radius 3 is 2.45 bits per heavy atom. The number of Topliss-reactive ketones (excluding diaryl/α,β-unsaturated/α-hetero) is 1. The summed E-state index contributed by atoms with van der Waals surface area (Å²) in [5.41, 5.74) is 3.69. The number of nitriles is 1. The lowest BCUT2D eigenvalue weighted by Crippen LogP contribution is -2.32. The molecule has 0 aromatic heterocycles. The molecule has 0 N–H and O–H groups in total. The van der Waals surface area contributed by atoms with E-state index in [1.54, 1.807) is 26.0 Å². The van der Waals surface area contributed by atoms with Gasteiger partial charge in [0.25, 0.3) is 10.1 Å². The third-order valence-electron chi connectivity index (χ3n) is 7.41. The van der Waals surface area contributed by atoms with Gasteiger partial charge in [0, 0.05) is 29.3 Å². The largest absolute Gasteiger partial charge is 0.490 e. The summed E-state index contributed by atoms with van der Waals surface area (Å²) in [4.78, 5) is 18.3. The van der Waals surface area contributed by atoms with Crippen molar-refractivity contribution in [1.29, 1.82) is 5.26 Å². The molecular weight excluding hydrogens is 620 g/mol.